The van der Waals surface area contributed by atoms with Gasteiger partial charge in [-0.1, -0.05) is 23.2 Å². The van der Waals surface area contributed by atoms with Gasteiger partial charge in [-0.3, -0.25) is 4.79 Å². The van der Waals surface area contributed by atoms with Gasteiger partial charge in [-0.05, 0) is 37.3 Å². The first-order valence-electron chi connectivity index (χ1n) is 6.15. The molecule has 2 heterocycles. The van der Waals surface area contributed by atoms with Crippen LogP contribution < -0.4 is 0 Å². The average Bonchev–Trinajstić information content (AvgIpc) is 3.07. The van der Waals surface area contributed by atoms with Gasteiger partial charge in [0.2, 0.25) is 0 Å². The van der Waals surface area contributed by atoms with Crippen LogP contribution >= 0.6 is 34.5 Å². The van der Waals surface area contributed by atoms with Crippen molar-refractivity contribution in [3.63, 3.8) is 0 Å². The van der Waals surface area contributed by atoms with Crippen molar-refractivity contribution in [1.29, 1.82) is 0 Å². The molecule has 0 bridgehead atoms. The van der Waals surface area contributed by atoms with Crippen molar-refractivity contribution in [1.82, 2.24) is 9.78 Å². The molecule has 0 amide bonds. The van der Waals surface area contributed by atoms with Gasteiger partial charge in [0.15, 0.2) is 6.29 Å². The lowest BCUT2D eigenvalue weighted by atomic mass is 10.2. The molecule has 0 fully saturated rings. The first-order valence-corrected chi connectivity index (χ1v) is 7.73. The van der Waals surface area contributed by atoms with E-state index < -0.39 is 0 Å². The zero-order chi connectivity index (χ0) is 15.0. The monoisotopic (exact) mass is 336 g/mol. The quantitative estimate of drug-likeness (QED) is 0.629. The van der Waals surface area contributed by atoms with E-state index in [0.717, 1.165) is 16.9 Å². The Morgan fingerprint density at radius 3 is 2.62 bits per heavy atom. The SMILES string of the molecule is Cc1ccc(-c2nn(-c3ccc(Cl)c(Cl)c3)cc2C=O)s1. The van der Waals surface area contributed by atoms with Crippen LogP contribution in [0.4, 0.5) is 0 Å². The third-order valence-corrected chi connectivity index (χ3v) is 4.76. The molecule has 0 N–H and O–H groups in total. The van der Waals surface area contributed by atoms with Crippen molar-refractivity contribution in [2.45, 2.75) is 6.92 Å². The summed E-state index contributed by atoms with van der Waals surface area (Å²) in [6.45, 7) is 2.02. The number of halogens is 2. The molecule has 3 rings (SSSR count). The highest BCUT2D eigenvalue weighted by Gasteiger charge is 2.13. The predicted molar refractivity (Wildman–Crippen MR) is 87.0 cm³/mol. The molecular formula is C15H10Cl2N2OS. The number of hydrogen-bond acceptors (Lipinski definition) is 3. The minimum absolute atomic E-state index is 0.450. The highest BCUT2D eigenvalue weighted by atomic mass is 35.5. The first-order chi connectivity index (χ1) is 10.1. The number of aldehydes is 1. The lowest BCUT2D eigenvalue weighted by Crippen LogP contribution is -1.94. The Balaban J connectivity index is 2.10. The summed E-state index contributed by atoms with van der Waals surface area (Å²) in [4.78, 5) is 13.4. The largest absolute Gasteiger partial charge is 0.298 e. The van der Waals surface area contributed by atoms with E-state index >= 15 is 0 Å². The van der Waals surface area contributed by atoms with E-state index in [-0.39, 0.29) is 0 Å². The number of nitrogens with zero attached hydrogens (tertiary/aromatic N) is 2. The zero-order valence-electron chi connectivity index (χ0n) is 11.0. The molecule has 3 aromatic rings. The summed E-state index contributed by atoms with van der Waals surface area (Å²) in [5.74, 6) is 0. The van der Waals surface area contributed by atoms with Crippen LogP contribution in [0.15, 0.2) is 36.5 Å². The van der Waals surface area contributed by atoms with E-state index in [1.807, 2.05) is 19.1 Å². The molecule has 0 aliphatic rings. The highest BCUT2D eigenvalue weighted by molar-refractivity contribution is 7.15. The molecule has 0 saturated heterocycles. The van der Waals surface area contributed by atoms with E-state index in [9.17, 15) is 4.79 Å². The Morgan fingerprint density at radius 1 is 1.19 bits per heavy atom. The first kappa shape index (κ1) is 14.3. The summed E-state index contributed by atoms with van der Waals surface area (Å²) in [6.07, 6.45) is 2.50. The van der Waals surface area contributed by atoms with Crippen LogP contribution in [-0.4, -0.2) is 16.1 Å². The van der Waals surface area contributed by atoms with Gasteiger partial charge in [0.1, 0.15) is 5.69 Å². The summed E-state index contributed by atoms with van der Waals surface area (Å²) in [7, 11) is 0. The van der Waals surface area contributed by atoms with Crippen molar-refractivity contribution >= 4 is 40.8 Å². The molecule has 0 spiro atoms. The van der Waals surface area contributed by atoms with Gasteiger partial charge in [-0.25, -0.2) is 4.68 Å². The normalized spacial score (nSPS) is 10.8. The van der Waals surface area contributed by atoms with Gasteiger partial charge in [-0.15, -0.1) is 11.3 Å². The molecule has 2 aromatic heterocycles. The van der Waals surface area contributed by atoms with Gasteiger partial charge in [0, 0.05) is 11.1 Å². The second-order valence-corrected chi connectivity index (χ2v) is 6.61. The molecule has 1 aromatic carbocycles. The number of benzene rings is 1. The topological polar surface area (TPSA) is 34.9 Å². The molecule has 0 radical (unpaired) electrons. The van der Waals surface area contributed by atoms with Crippen molar-refractivity contribution in [2.24, 2.45) is 0 Å². The second-order valence-electron chi connectivity index (χ2n) is 4.50. The number of hydrogen-bond donors (Lipinski definition) is 0. The Bertz CT molecular complexity index is 823. The number of carbonyl (C=O) groups excluding carboxylic acids is 1. The maximum absolute atomic E-state index is 11.3. The van der Waals surface area contributed by atoms with Crippen molar-refractivity contribution < 1.29 is 4.79 Å². The van der Waals surface area contributed by atoms with Crippen LogP contribution in [-0.2, 0) is 0 Å². The number of thiophene rings is 1. The fraction of sp³-hybridized carbons (Fsp3) is 0.0667. The molecule has 0 aliphatic heterocycles. The van der Waals surface area contributed by atoms with E-state index in [4.69, 9.17) is 23.2 Å². The summed E-state index contributed by atoms with van der Waals surface area (Å²) < 4.78 is 1.64. The third kappa shape index (κ3) is 2.75. The highest BCUT2D eigenvalue weighted by Crippen LogP contribution is 2.30. The molecule has 3 nitrogen and oxygen atoms in total. The number of rotatable bonds is 3. The van der Waals surface area contributed by atoms with Gasteiger partial charge in [0.25, 0.3) is 0 Å². The molecule has 6 heteroatoms. The maximum atomic E-state index is 11.3. The number of aryl methyl sites for hydroxylation is 1. The van der Waals surface area contributed by atoms with Crippen LogP contribution in [0.25, 0.3) is 16.3 Å². The minimum atomic E-state index is 0.450. The fourth-order valence-corrected chi connectivity index (χ4v) is 3.15. The van der Waals surface area contributed by atoms with Gasteiger partial charge in [-0.2, -0.15) is 5.10 Å². The Kier molecular flexibility index (Phi) is 3.85. The standard InChI is InChI=1S/C15H10Cl2N2OS/c1-9-2-5-14(21-9)15-10(8-20)7-19(18-15)11-3-4-12(16)13(17)6-11/h2-8H,1H3. The van der Waals surface area contributed by atoms with E-state index in [2.05, 4.69) is 5.10 Å². The summed E-state index contributed by atoms with van der Waals surface area (Å²) in [5, 5.41) is 5.43. The van der Waals surface area contributed by atoms with E-state index in [0.29, 0.717) is 21.3 Å². The Labute approximate surface area is 135 Å². The van der Waals surface area contributed by atoms with Gasteiger partial charge < -0.3 is 0 Å². The van der Waals surface area contributed by atoms with Crippen molar-refractivity contribution in [3.8, 4) is 16.3 Å². The van der Waals surface area contributed by atoms with Crippen molar-refractivity contribution in [2.75, 3.05) is 0 Å². The predicted octanol–water partition coefficient (Wildman–Crippen LogP) is 5.03. The molecular weight excluding hydrogens is 327 g/mol. The smallest absolute Gasteiger partial charge is 0.153 e. The van der Waals surface area contributed by atoms with Gasteiger partial charge in [0.05, 0.1) is 26.2 Å². The molecule has 0 saturated carbocycles. The second kappa shape index (κ2) is 5.64. The van der Waals surface area contributed by atoms with Crippen LogP contribution in [0.2, 0.25) is 10.0 Å². The average molecular weight is 337 g/mol. The van der Waals surface area contributed by atoms with Gasteiger partial charge >= 0.3 is 0 Å². The summed E-state index contributed by atoms with van der Waals surface area (Å²) >= 11 is 13.5. The maximum Gasteiger partial charge on any atom is 0.153 e. The van der Waals surface area contributed by atoms with Crippen LogP contribution in [0, 0.1) is 6.92 Å². The van der Waals surface area contributed by atoms with E-state index in [1.54, 1.807) is 40.4 Å². The third-order valence-electron chi connectivity index (χ3n) is 3.01. The Morgan fingerprint density at radius 2 is 2.00 bits per heavy atom. The van der Waals surface area contributed by atoms with Crippen LogP contribution in [0.1, 0.15) is 15.2 Å². The van der Waals surface area contributed by atoms with Crippen molar-refractivity contribution in [3.05, 3.63) is 57.0 Å². The Hall–Kier alpha value is -1.62. The van der Waals surface area contributed by atoms with Crippen LogP contribution in [0.3, 0.4) is 0 Å². The lowest BCUT2D eigenvalue weighted by molar-refractivity contribution is 0.112. The molecule has 0 aliphatic carbocycles. The summed E-state index contributed by atoms with van der Waals surface area (Å²) in [6, 6.07) is 9.20. The molecule has 0 unspecified atom stereocenters. The van der Waals surface area contributed by atoms with E-state index in [1.165, 1.54) is 4.88 Å². The van der Waals surface area contributed by atoms with Crippen LogP contribution in [0.5, 0.6) is 0 Å². The lowest BCUT2D eigenvalue weighted by Gasteiger charge is -2.02. The minimum Gasteiger partial charge on any atom is -0.298 e. The number of aromatic nitrogens is 2. The fourth-order valence-electron chi connectivity index (χ4n) is 1.99. The molecule has 0 atom stereocenters. The number of carbonyl (C=O) groups is 1. The zero-order valence-corrected chi connectivity index (χ0v) is 13.3. The summed E-state index contributed by atoms with van der Waals surface area (Å²) in [5.41, 5.74) is 1.98. The molecule has 21 heavy (non-hydrogen) atoms. The molecule has 106 valence electrons.